The molecule has 0 bridgehead atoms. The topological polar surface area (TPSA) is 60.4 Å². The Kier molecular flexibility index (Phi) is 4.41. The lowest BCUT2D eigenvalue weighted by atomic mass is 9.82. The first-order chi connectivity index (χ1) is 12.7. The fraction of sp³-hybridized carbons (Fsp3) is 0.318. The molecule has 0 N–H and O–H groups in total. The molecule has 0 saturated heterocycles. The molecule has 26 heavy (non-hydrogen) atoms. The van der Waals surface area contributed by atoms with Gasteiger partial charge in [-0.3, -0.25) is 9.59 Å². The number of fused-ring (bicyclic) bond motifs is 2. The maximum absolute atomic E-state index is 12.9. The molecule has 1 saturated carbocycles. The van der Waals surface area contributed by atoms with Gasteiger partial charge in [-0.05, 0) is 24.8 Å². The zero-order valence-corrected chi connectivity index (χ0v) is 14.5. The fourth-order valence-electron chi connectivity index (χ4n) is 3.94. The Hall–Kier alpha value is -2.75. The molecule has 1 fully saturated rings. The summed E-state index contributed by atoms with van der Waals surface area (Å²) < 4.78 is 5.50. The molecular formula is C22H20O4. The van der Waals surface area contributed by atoms with Crippen molar-refractivity contribution in [1.29, 1.82) is 0 Å². The van der Waals surface area contributed by atoms with Gasteiger partial charge in [0.1, 0.15) is 0 Å². The minimum atomic E-state index is -0.520. The number of benzene rings is 2. The van der Waals surface area contributed by atoms with Gasteiger partial charge < -0.3 is 4.74 Å². The Morgan fingerprint density at radius 1 is 0.846 bits per heavy atom. The highest BCUT2D eigenvalue weighted by Gasteiger charge is 2.33. The molecule has 0 aliphatic heterocycles. The number of ketones is 2. The maximum Gasteiger partial charge on any atom is 0.338 e. The van der Waals surface area contributed by atoms with E-state index in [0.717, 1.165) is 12.8 Å². The summed E-state index contributed by atoms with van der Waals surface area (Å²) in [6.07, 6.45) is 5.74. The first-order valence-electron chi connectivity index (χ1n) is 9.15. The number of carbonyl (C=O) groups excluding carboxylic acids is 3. The van der Waals surface area contributed by atoms with Gasteiger partial charge >= 0.3 is 5.97 Å². The standard InChI is InChI=1S/C22H20O4/c23-20-15-9-4-5-10-16(15)21(24)19-17(20)11-6-12-18(19)22(25)26-13-14-7-2-1-3-8-14/h4-6,9-12,14H,1-3,7-8,13H2. The molecular weight excluding hydrogens is 328 g/mol. The van der Waals surface area contributed by atoms with Crippen molar-refractivity contribution in [3.63, 3.8) is 0 Å². The Morgan fingerprint density at radius 3 is 2.23 bits per heavy atom. The average molecular weight is 348 g/mol. The largest absolute Gasteiger partial charge is 0.462 e. The third kappa shape index (κ3) is 2.85. The van der Waals surface area contributed by atoms with E-state index in [-0.39, 0.29) is 28.3 Å². The van der Waals surface area contributed by atoms with E-state index in [0.29, 0.717) is 23.7 Å². The number of esters is 1. The second-order valence-corrected chi connectivity index (χ2v) is 7.03. The summed E-state index contributed by atoms with van der Waals surface area (Å²) in [7, 11) is 0. The van der Waals surface area contributed by atoms with E-state index in [9.17, 15) is 14.4 Å². The lowest BCUT2D eigenvalue weighted by Gasteiger charge is -2.22. The van der Waals surface area contributed by atoms with E-state index in [1.54, 1.807) is 42.5 Å². The zero-order chi connectivity index (χ0) is 18.1. The van der Waals surface area contributed by atoms with Crippen molar-refractivity contribution in [2.75, 3.05) is 6.61 Å². The van der Waals surface area contributed by atoms with E-state index in [1.807, 2.05) is 0 Å². The zero-order valence-electron chi connectivity index (χ0n) is 14.5. The maximum atomic E-state index is 12.9. The minimum absolute atomic E-state index is 0.171. The summed E-state index contributed by atoms with van der Waals surface area (Å²) in [5.74, 6) is -0.643. The molecule has 4 rings (SSSR count). The Morgan fingerprint density at radius 2 is 1.50 bits per heavy atom. The van der Waals surface area contributed by atoms with Crippen molar-refractivity contribution < 1.29 is 19.1 Å². The van der Waals surface area contributed by atoms with Gasteiger partial charge in [-0.2, -0.15) is 0 Å². The van der Waals surface area contributed by atoms with Crippen molar-refractivity contribution in [3.05, 3.63) is 70.3 Å². The molecule has 2 aromatic rings. The molecule has 4 nitrogen and oxygen atoms in total. The second kappa shape index (κ2) is 6.87. The monoisotopic (exact) mass is 348 g/mol. The molecule has 0 unspecified atom stereocenters. The van der Waals surface area contributed by atoms with Crippen molar-refractivity contribution in [3.8, 4) is 0 Å². The van der Waals surface area contributed by atoms with Gasteiger partial charge in [0.25, 0.3) is 0 Å². The van der Waals surface area contributed by atoms with Crippen molar-refractivity contribution >= 4 is 17.5 Å². The summed E-state index contributed by atoms with van der Waals surface area (Å²) in [6.45, 7) is 0.376. The van der Waals surface area contributed by atoms with Gasteiger partial charge in [-0.15, -0.1) is 0 Å². The third-order valence-electron chi connectivity index (χ3n) is 5.35. The van der Waals surface area contributed by atoms with Gasteiger partial charge in [0, 0.05) is 22.3 Å². The van der Waals surface area contributed by atoms with Gasteiger partial charge in [-0.1, -0.05) is 55.7 Å². The summed E-state index contributed by atoms with van der Waals surface area (Å²) >= 11 is 0. The smallest absolute Gasteiger partial charge is 0.338 e. The SMILES string of the molecule is O=C(OCC1CCCCC1)c1cccc2c1C(=O)c1ccccc1C2=O. The van der Waals surface area contributed by atoms with Gasteiger partial charge in [-0.25, -0.2) is 4.79 Å². The summed E-state index contributed by atoms with van der Waals surface area (Å²) in [6, 6.07) is 11.5. The molecule has 0 heterocycles. The van der Waals surface area contributed by atoms with E-state index in [1.165, 1.54) is 19.3 Å². The van der Waals surface area contributed by atoms with Crippen LogP contribution in [0, 0.1) is 5.92 Å². The Balaban J connectivity index is 1.63. The highest BCUT2D eigenvalue weighted by molar-refractivity contribution is 6.30. The van der Waals surface area contributed by atoms with Crippen LogP contribution in [0.25, 0.3) is 0 Å². The van der Waals surface area contributed by atoms with Crippen LogP contribution in [-0.4, -0.2) is 24.1 Å². The molecule has 132 valence electrons. The quantitative estimate of drug-likeness (QED) is 0.666. The van der Waals surface area contributed by atoms with E-state index < -0.39 is 5.97 Å². The van der Waals surface area contributed by atoms with Gasteiger partial charge in [0.2, 0.25) is 0 Å². The minimum Gasteiger partial charge on any atom is -0.462 e. The predicted octanol–water partition coefficient (Wildman–Crippen LogP) is 4.20. The van der Waals surface area contributed by atoms with Crippen LogP contribution in [0.3, 0.4) is 0 Å². The molecule has 0 spiro atoms. The van der Waals surface area contributed by atoms with Gasteiger partial charge in [0.15, 0.2) is 11.6 Å². The predicted molar refractivity (Wildman–Crippen MR) is 96.6 cm³/mol. The molecule has 4 heteroatoms. The van der Waals surface area contributed by atoms with Crippen LogP contribution < -0.4 is 0 Å². The number of ether oxygens (including phenoxy) is 1. The van der Waals surface area contributed by atoms with Crippen LogP contribution in [0.15, 0.2) is 42.5 Å². The van der Waals surface area contributed by atoms with E-state index in [2.05, 4.69) is 0 Å². The Labute approximate surface area is 152 Å². The van der Waals surface area contributed by atoms with E-state index in [4.69, 9.17) is 4.74 Å². The van der Waals surface area contributed by atoms with Crippen molar-refractivity contribution in [2.45, 2.75) is 32.1 Å². The van der Waals surface area contributed by atoms with Crippen molar-refractivity contribution in [1.82, 2.24) is 0 Å². The lowest BCUT2D eigenvalue weighted by molar-refractivity contribution is 0.0408. The number of rotatable bonds is 3. The van der Waals surface area contributed by atoms with Crippen LogP contribution in [-0.2, 0) is 4.74 Å². The fourth-order valence-corrected chi connectivity index (χ4v) is 3.94. The highest BCUT2D eigenvalue weighted by atomic mass is 16.5. The number of carbonyl (C=O) groups is 3. The number of hydrogen-bond donors (Lipinski definition) is 0. The Bertz CT molecular complexity index is 891. The summed E-state index contributed by atoms with van der Waals surface area (Å²) in [4.78, 5) is 38.3. The molecule has 0 atom stereocenters. The van der Waals surface area contributed by atoms with Crippen LogP contribution in [0.1, 0.15) is 74.3 Å². The second-order valence-electron chi connectivity index (χ2n) is 7.03. The van der Waals surface area contributed by atoms with Crippen LogP contribution >= 0.6 is 0 Å². The molecule has 0 amide bonds. The number of hydrogen-bond acceptors (Lipinski definition) is 4. The highest BCUT2D eigenvalue weighted by Crippen LogP contribution is 2.30. The molecule has 2 aliphatic rings. The third-order valence-corrected chi connectivity index (χ3v) is 5.35. The van der Waals surface area contributed by atoms with E-state index >= 15 is 0 Å². The summed E-state index contributed by atoms with van der Waals surface area (Å²) in [5.41, 5.74) is 1.37. The summed E-state index contributed by atoms with van der Waals surface area (Å²) in [5, 5.41) is 0. The molecule has 2 aliphatic carbocycles. The van der Waals surface area contributed by atoms with Crippen LogP contribution in [0.5, 0.6) is 0 Å². The molecule has 0 radical (unpaired) electrons. The van der Waals surface area contributed by atoms with Crippen LogP contribution in [0.2, 0.25) is 0 Å². The van der Waals surface area contributed by atoms with Gasteiger partial charge in [0.05, 0.1) is 12.2 Å². The average Bonchev–Trinajstić information content (AvgIpc) is 2.70. The molecule has 0 aromatic heterocycles. The first kappa shape index (κ1) is 16.7. The first-order valence-corrected chi connectivity index (χ1v) is 9.15. The lowest BCUT2D eigenvalue weighted by Crippen LogP contribution is -2.25. The molecule has 2 aromatic carbocycles. The van der Waals surface area contributed by atoms with Crippen molar-refractivity contribution in [2.24, 2.45) is 5.92 Å². The normalized spacial score (nSPS) is 16.8. The van der Waals surface area contributed by atoms with Crippen LogP contribution in [0.4, 0.5) is 0 Å².